The second-order valence-electron chi connectivity index (χ2n) is 5.22. The van der Waals surface area contributed by atoms with Crippen molar-refractivity contribution in [3.8, 4) is 5.75 Å². The van der Waals surface area contributed by atoms with E-state index in [9.17, 15) is 9.18 Å². The first-order valence-electron chi connectivity index (χ1n) is 7.23. The number of nitrogens with one attached hydrogen (secondary N) is 1. The smallest absolute Gasteiger partial charge is 0.224 e. The molecule has 2 rings (SSSR count). The number of carbonyl (C=O) groups is 1. The van der Waals surface area contributed by atoms with Crippen LogP contribution in [0.15, 0.2) is 42.5 Å². The number of benzene rings is 2. The van der Waals surface area contributed by atoms with Gasteiger partial charge in [0.1, 0.15) is 11.6 Å². The van der Waals surface area contributed by atoms with Gasteiger partial charge in [0.2, 0.25) is 5.91 Å². The van der Waals surface area contributed by atoms with Crippen LogP contribution in [0, 0.1) is 12.7 Å². The minimum absolute atomic E-state index is 0.114. The summed E-state index contributed by atoms with van der Waals surface area (Å²) in [6.07, 6.45) is 0.877. The molecular weight excluding hydrogens is 281 g/mol. The molecule has 3 nitrogen and oxygen atoms in total. The molecule has 0 atom stereocenters. The predicted octanol–water partition coefficient (Wildman–Crippen LogP) is 3.04. The van der Waals surface area contributed by atoms with Gasteiger partial charge in [0, 0.05) is 6.54 Å². The van der Waals surface area contributed by atoms with Gasteiger partial charge in [-0.2, -0.15) is 0 Å². The van der Waals surface area contributed by atoms with E-state index in [1.165, 1.54) is 12.1 Å². The fraction of sp³-hybridized carbons (Fsp3) is 0.278. The monoisotopic (exact) mass is 301 g/mol. The molecule has 116 valence electrons. The molecule has 0 aliphatic carbocycles. The normalized spacial score (nSPS) is 10.3. The molecule has 0 saturated heterocycles. The van der Waals surface area contributed by atoms with Crippen LogP contribution >= 0.6 is 0 Å². The number of rotatable bonds is 6. The van der Waals surface area contributed by atoms with Gasteiger partial charge in [-0.25, -0.2) is 4.39 Å². The fourth-order valence-electron chi connectivity index (χ4n) is 2.33. The van der Waals surface area contributed by atoms with E-state index in [2.05, 4.69) is 11.4 Å². The maximum Gasteiger partial charge on any atom is 0.224 e. The Balaban J connectivity index is 1.86. The lowest BCUT2D eigenvalue weighted by Crippen LogP contribution is -2.27. The summed E-state index contributed by atoms with van der Waals surface area (Å²) in [6, 6.07) is 12.1. The summed E-state index contributed by atoms with van der Waals surface area (Å²) in [5, 5.41) is 2.85. The lowest BCUT2D eigenvalue weighted by molar-refractivity contribution is -0.120. The molecule has 0 aliphatic rings. The molecule has 22 heavy (non-hydrogen) atoms. The molecule has 0 saturated carbocycles. The average Bonchev–Trinajstić information content (AvgIpc) is 2.47. The zero-order chi connectivity index (χ0) is 15.9. The molecule has 1 amide bonds. The highest BCUT2D eigenvalue weighted by Crippen LogP contribution is 2.19. The highest BCUT2D eigenvalue weighted by Gasteiger charge is 2.06. The number of ether oxygens (including phenoxy) is 1. The van der Waals surface area contributed by atoms with Crippen LogP contribution in [0.1, 0.15) is 16.7 Å². The molecule has 2 aromatic carbocycles. The Morgan fingerprint density at radius 1 is 1.23 bits per heavy atom. The summed E-state index contributed by atoms with van der Waals surface area (Å²) in [4.78, 5) is 11.9. The van der Waals surface area contributed by atoms with Gasteiger partial charge in [0.15, 0.2) is 0 Å². The minimum atomic E-state index is -0.324. The molecule has 0 aliphatic heterocycles. The molecule has 0 unspecified atom stereocenters. The van der Waals surface area contributed by atoms with E-state index in [0.717, 1.165) is 16.9 Å². The van der Waals surface area contributed by atoms with Crippen LogP contribution < -0.4 is 10.1 Å². The van der Waals surface area contributed by atoms with E-state index in [1.807, 2.05) is 19.1 Å². The van der Waals surface area contributed by atoms with Crippen molar-refractivity contribution in [1.29, 1.82) is 0 Å². The highest BCUT2D eigenvalue weighted by molar-refractivity contribution is 5.78. The number of aryl methyl sites for hydroxylation is 1. The predicted molar refractivity (Wildman–Crippen MR) is 84.5 cm³/mol. The van der Waals surface area contributed by atoms with E-state index in [1.54, 1.807) is 19.2 Å². The van der Waals surface area contributed by atoms with Gasteiger partial charge < -0.3 is 10.1 Å². The van der Waals surface area contributed by atoms with E-state index in [-0.39, 0.29) is 18.1 Å². The molecule has 0 bridgehead atoms. The van der Waals surface area contributed by atoms with Crippen LogP contribution in [-0.4, -0.2) is 19.6 Å². The number of carbonyl (C=O) groups excluding carboxylic acids is 1. The van der Waals surface area contributed by atoms with Gasteiger partial charge in [-0.05, 0) is 42.7 Å². The Kier molecular flexibility index (Phi) is 5.53. The van der Waals surface area contributed by atoms with E-state index < -0.39 is 0 Å². The van der Waals surface area contributed by atoms with Crippen LogP contribution in [0.25, 0.3) is 0 Å². The van der Waals surface area contributed by atoms with Crippen molar-refractivity contribution in [1.82, 2.24) is 5.32 Å². The van der Waals surface area contributed by atoms with Gasteiger partial charge in [-0.1, -0.05) is 29.8 Å². The van der Waals surface area contributed by atoms with Crippen molar-refractivity contribution in [3.63, 3.8) is 0 Å². The van der Waals surface area contributed by atoms with Crippen molar-refractivity contribution in [2.45, 2.75) is 19.8 Å². The first kappa shape index (κ1) is 16.0. The zero-order valence-corrected chi connectivity index (χ0v) is 12.9. The summed E-state index contributed by atoms with van der Waals surface area (Å²) < 4.78 is 18.4. The first-order chi connectivity index (χ1) is 10.6. The molecule has 0 spiro atoms. The van der Waals surface area contributed by atoms with Gasteiger partial charge in [-0.3, -0.25) is 4.79 Å². The number of amides is 1. The summed E-state index contributed by atoms with van der Waals surface area (Å²) in [5.41, 5.74) is 2.89. The van der Waals surface area contributed by atoms with Crippen molar-refractivity contribution < 1.29 is 13.9 Å². The molecule has 1 N–H and O–H groups in total. The Morgan fingerprint density at radius 2 is 2.05 bits per heavy atom. The minimum Gasteiger partial charge on any atom is -0.496 e. The van der Waals surface area contributed by atoms with Crippen molar-refractivity contribution in [2.24, 2.45) is 0 Å². The lowest BCUT2D eigenvalue weighted by Gasteiger charge is -2.10. The zero-order valence-electron chi connectivity index (χ0n) is 12.9. The van der Waals surface area contributed by atoms with E-state index >= 15 is 0 Å². The molecule has 0 fully saturated rings. The SMILES string of the molecule is COc1ccc(C)cc1CCNC(=O)Cc1cccc(F)c1. The number of methoxy groups -OCH3 is 1. The van der Waals surface area contributed by atoms with Crippen LogP contribution in [0.5, 0.6) is 5.75 Å². The summed E-state index contributed by atoms with van der Waals surface area (Å²) in [6.45, 7) is 2.54. The van der Waals surface area contributed by atoms with Gasteiger partial charge in [0.05, 0.1) is 13.5 Å². The highest BCUT2D eigenvalue weighted by atomic mass is 19.1. The Hall–Kier alpha value is -2.36. The van der Waals surface area contributed by atoms with Crippen molar-refractivity contribution >= 4 is 5.91 Å². The molecule has 0 heterocycles. The topological polar surface area (TPSA) is 38.3 Å². The van der Waals surface area contributed by atoms with Crippen LogP contribution in [0.2, 0.25) is 0 Å². The number of halogens is 1. The summed E-state index contributed by atoms with van der Waals surface area (Å²) in [7, 11) is 1.64. The standard InChI is InChI=1S/C18H20FNO2/c1-13-6-7-17(22-2)15(10-13)8-9-20-18(21)12-14-4-3-5-16(19)11-14/h3-7,10-11H,8-9,12H2,1-2H3,(H,20,21). The fourth-order valence-corrected chi connectivity index (χ4v) is 2.33. The van der Waals surface area contributed by atoms with Gasteiger partial charge in [0.25, 0.3) is 0 Å². The number of hydrogen-bond donors (Lipinski definition) is 1. The lowest BCUT2D eigenvalue weighted by atomic mass is 10.1. The third-order valence-corrected chi connectivity index (χ3v) is 3.41. The van der Waals surface area contributed by atoms with E-state index in [4.69, 9.17) is 4.74 Å². The maximum absolute atomic E-state index is 13.1. The molecule has 0 radical (unpaired) electrons. The summed E-state index contributed by atoms with van der Waals surface area (Å²) >= 11 is 0. The van der Waals surface area contributed by atoms with Crippen molar-refractivity contribution in [2.75, 3.05) is 13.7 Å². The number of hydrogen-bond acceptors (Lipinski definition) is 2. The van der Waals surface area contributed by atoms with Gasteiger partial charge >= 0.3 is 0 Å². The first-order valence-corrected chi connectivity index (χ1v) is 7.23. The Labute approximate surface area is 130 Å². The second-order valence-corrected chi connectivity index (χ2v) is 5.22. The van der Waals surface area contributed by atoms with Crippen LogP contribution in [0.4, 0.5) is 4.39 Å². The third-order valence-electron chi connectivity index (χ3n) is 3.41. The quantitative estimate of drug-likeness (QED) is 0.890. The van der Waals surface area contributed by atoms with Gasteiger partial charge in [-0.15, -0.1) is 0 Å². The maximum atomic E-state index is 13.1. The Morgan fingerprint density at radius 3 is 2.77 bits per heavy atom. The third kappa shape index (κ3) is 4.58. The largest absolute Gasteiger partial charge is 0.496 e. The van der Waals surface area contributed by atoms with E-state index in [0.29, 0.717) is 18.5 Å². The molecular formula is C18H20FNO2. The molecule has 2 aromatic rings. The molecule has 4 heteroatoms. The summed E-state index contributed by atoms with van der Waals surface area (Å²) in [5.74, 6) is 0.386. The van der Waals surface area contributed by atoms with Crippen LogP contribution in [-0.2, 0) is 17.6 Å². The Bertz CT molecular complexity index is 655. The average molecular weight is 301 g/mol. The van der Waals surface area contributed by atoms with Crippen molar-refractivity contribution in [3.05, 3.63) is 65.0 Å². The second kappa shape index (κ2) is 7.59. The van der Waals surface area contributed by atoms with Crippen LogP contribution in [0.3, 0.4) is 0 Å². The molecule has 0 aromatic heterocycles.